The van der Waals surface area contributed by atoms with E-state index >= 15 is 0 Å². The Labute approximate surface area is 204 Å². The smallest absolute Gasteiger partial charge is 0.260 e. The van der Waals surface area contributed by atoms with Crippen LogP contribution in [0.1, 0.15) is 27.9 Å². The van der Waals surface area contributed by atoms with Gasteiger partial charge in [-0.05, 0) is 36.8 Å². The van der Waals surface area contributed by atoms with Gasteiger partial charge in [0.05, 0.1) is 17.8 Å². The third-order valence-corrected chi connectivity index (χ3v) is 6.66. The molecule has 1 amide bonds. The molecule has 4 nitrogen and oxygen atoms in total. The van der Waals surface area contributed by atoms with Crippen molar-refractivity contribution in [3.63, 3.8) is 0 Å². The molecule has 5 aromatic rings. The molecule has 0 atom stereocenters. The van der Waals surface area contributed by atoms with Crippen molar-refractivity contribution in [3.8, 4) is 0 Å². The molecular formula is C31H25N3O. The SMILES string of the molecule is Cc1ccc(CN2C(=O)C(=C(c3cc4ccccc4[nH]3)c3ccccc3N)c3ccccc32)cc1. The van der Waals surface area contributed by atoms with Crippen LogP contribution in [0.5, 0.6) is 0 Å². The van der Waals surface area contributed by atoms with Crippen molar-refractivity contribution in [2.24, 2.45) is 0 Å². The van der Waals surface area contributed by atoms with E-state index in [0.717, 1.165) is 44.5 Å². The van der Waals surface area contributed by atoms with E-state index in [4.69, 9.17) is 5.73 Å². The maximum absolute atomic E-state index is 14.2. The fraction of sp³-hybridized carbons (Fsp3) is 0.0645. The molecule has 35 heavy (non-hydrogen) atoms. The largest absolute Gasteiger partial charge is 0.398 e. The minimum Gasteiger partial charge on any atom is -0.398 e. The average Bonchev–Trinajstić information content (AvgIpc) is 3.42. The first kappa shape index (κ1) is 21.0. The Bertz CT molecular complexity index is 1580. The summed E-state index contributed by atoms with van der Waals surface area (Å²) in [5.41, 5.74) is 15.5. The van der Waals surface area contributed by atoms with Crippen molar-refractivity contribution >= 4 is 39.3 Å². The van der Waals surface area contributed by atoms with Gasteiger partial charge in [0.15, 0.2) is 0 Å². The summed E-state index contributed by atoms with van der Waals surface area (Å²) in [6.07, 6.45) is 0. The van der Waals surface area contributed by atoms with E-state index in [-0.39, 0.29) is 5.91 Å². The lowest BCUT2D eigenvalue weighted by Gasteiger charge is -2.18. The number of rotatable bonds is 4. The summed E-state index contributed by atoms with van der Waals surface area (Å²) in [4.78, 5) is 19.6. The highest BCUT2D eigenvalue weighted by atomic mass is 16.2. The predicted molar refractivity (Wildman–Crippen MR) is 144 cm³/mol. The zero-order chi connectivity index (χ0) is 23.9. The summed E-state index contributed by atoms with van der Waals surface area (Å²) in [6, 6.07) is 34.3. The lowest BCUT2D eigenvalue weighted by molar-refractivity contribution is -0.113. The number of nitrogens with one attached hydrogen (secondary N) is 1. The van der Waals surface area contributed by atoms with Crippen molar-refractivity contribution in [3.05, 3.63) is 131 Å². The lowest BCUT2D eigenvalue weighted by Crippen LogP contribution is -2.26. The Balaban J connectivity index is 1.60. The Kier molecular flexibility index (Phi) is 5.00. The molecule has 0 unspecified atom stereocenters. The number of hydrogen-bond donors (Lipinski definition) is 2. The van der Waals surface area contributed by atoms with E-state index in [1.807, 2.05) is 71.6 Å². The second-order valence-corrected chi connectivity index (χ2v) is 9.00. The molecule has 0 saturated heterocycles. The van der Waals surface area contributed by atoms with Crippen molar-refractivity contribution in [1.29, 1.82) is 0 Å². The number of aryl methyl sites for hydroxylation is 1. The van der Waals surface area contributed by atoms with Crippen molar-refractivity contribution in [2.45, 2.75) is 13.5 Å². The predicted octanol–water partition coefficient (Wildman–Crippen LogP) is 6.56. The third-order valence-electron chi connectivity index (χ3n) is 6.66. The fourth-order valence-electron chi connectivity index (χ4n) is 4.90. The summed E-state index contributed by atoms with van der Waals surface area (Å²) in [7, 11) is 0. The maximum atomic E-state index is 14.2. The van der Waals surface area contributed by atoms with Gasteiger partial charge in [0.1, 0.15) is 0 Å². The first-order chi connectivity index (χ1) is 17.1. The molecule has 0 bridgehead atoms. The third kappa shape index (κ3) is 3.60. The number of para-hydroxylation sites is 3. The Morgan fingerprint density at radius 1 is 0.857 bits per heavy atom. The van der Waals surface area contributed by atoms with Crippen LogP contribution < -0.4 is 10.6 Å². The van der Waals surface area contributed by atoms with Gasteiger partial charge in [0, 0.05) is 39.0 Å². The number of amides is 1. The number of aromatic nitrogens is 1. The van der Waals surface area contributed by atoms with Gasteiger partial charge in [-0.3, -0.25) is 4.79 Å². The minimum atomic E-state index is -0.0244. The molecule has 0 radical (unpaired) electrons. The number of carbonyl (C=O) groups excluding carboxylic acids is 1. The molecule has 1 aliphatic heterocycles. The molecule has 4 heteroatoms. The van der Waals surface area contributed by atoms with E-state index in [0.29, 0.717) is 17.8 Å². The molecular weight excluding hydrogens is 430 g/mol. The second-order valence-electron chi connectivity index (χ2n) is 9.00. The second kappa shape index (κ2) is 8.33. The van der Waals surface area contributed by atoms with E-state index in [2.05, 4.69) is 48.3 Å². The topological polar surface area (TPSA) is 62.1 Å². The van der Waals surface area contributed by atoms with Gasteiger partial charge in [-0.2, -0.15) is 0 Å². The number of hydrogen-bond acceptors (Lipinski definition) is 2. The van der Waals surface area contributed by atoms with Crippen LogP contribution in [-0.4, -0.2) is 10.9 Å². The van der Waals surface area contributed by atoms with Crippen molar-refractivity contribution < 1.29 is 4.79 Å². The number of nitrogen functional groups attached to an aromatic ring is 1. The van der Waals surface area contributed by atoms with Crippen LogP contribution >= 0.6 is 0 Å². The van der Waals surface area contributed by atoms with Gasteiger partial charge in [-0.25, -0.2) is 0 Å². The van der Waals surface area contributed by atoms with E-state index in [9.17, 15) is 4.79 Å². The number of benzene rings is 4. The van der Waals surface area contributed by atoms with E-state index in [1.165, 1.54) is 5.56 Å². The summed E-state index contributed by atoms with van der Waals surface area (Å²) < 4.78 is 0. The molecule has 170 valence electrons. The monoisotopic (exact) mass is 455 g/mol. The van der Waals surface area contributed by atoms with Gasteiger partial charge in [0.2, 0.25) is 0 Å². The van der Waals surface area contributed by atoms with Gasteiger partial charge in [-0.1, -0.05) is 84.4 Å². The lowest BCUT2D eigenvalue weighted by atomic mass is 9.92. The number of H-pyrrole nitrogens is 1. The average molecular weight is 456 g/mol. The molecule has 1 aliphatic rings. The zero-order valence-corrected chi connectivity index (χ0v) is 19.5. The molecule has 0 saturated carbocycles. The summed E-state index contributed by atoms with van der Waals surface area (Å²) in [6.45, 7) is 2.57. The van der Waals surface area contributed by atoms with Gasteiger partial charge < -0.3 is 15.6 Å². The van der Waals surface area contributed by atoms with Crippen LogP contribution in [0.2, 0.25) is 0 Å². The number of nitrogens with zero attached hydrogens (tertiary/aromatic N) is 1. The number of nitrogens with two attached hydrogens (primary N) is 1. The normalized spacial score (nSPS) is 14.4. The van der Waals surface area contributed by atoms with E-state index < -0.39 is 0 Å². The summed E-state index contributed by atoms with van der Waals surface area (Å²) in [5.74, 6) is -0.0244. The Hall–Kier alpha value is -4.57. The highest BCUT2D eigenvalue weighted by molar-refractivity contribution is 6.39. The number of anilines is 2. The van der Waals surface area contributed by atoms with Crippen LogP contribution in [0, 0.1) is 6.92 Å². The molecule has 6 rings (SSSR count). The van der Waals surface area contributed by atoms with Crippen LogP contribution in [0.15, 0.2) is 103 Å². The molecule has 0 spiro atoms. The van der Waals surface area contributed by atoms with Crippen molar-refractivity contribution in [1.82, 2.24) is 4.98 Å². The highest BCUT2D eigenvalue weighted by Gasteiger charge is 2.35. The molecule has 0 aliphatic carbocycles. The van der Waals surface area contributed by atoms with Crippen LogP contribution in [0.25, 0.3) is 22.0 Å². The van der Waals surface area contributed by atoms with Crippen LogP contribution in [-0.2, 0) is 11.3 Å². The first-order valence-corrected chi connectivity index (χ1v) is 11.7. The maximum Gasteiger partial charge on any atom is 0.260 e. The summed E-state index contributed by atoms with van der Waals surface area (Å²) >= 11 is 0. The van der Waals surface area contributed by atoms with Gasteiger partial charge in [0.25, 0.3) is 5.91 Å². The number of carbonyl (C=O) groups is 1. The zero-order valence-electron chi connectivity index (χ0n) is 19.5. The highest BCUT2D eigenvalue weighted by Crippen LogP contribution is 2.44. The van der Waals surface area contributed by atoms with Crippen LogP contribution in [0.4, 0.5) is 11.4 Å². The molecule has 2 heterocycles. The Morgan fingerprint density at radius 3 is 2.37 bits per heavy atom. The molecule has 3 N–H and O–H groups in total. The molecule has 4 aromatic carbocycles. The van der Waals surface area contributed by atoms with E-state index in [1.54, 1.807) is 0 Å². The summed E-state index contributed by atoms with van der Waals surface area (Å²) in [5, 5.41) is 1.09. The van der Waals surface area contributed by atoms with Crippen LogP contribution in [0.3, 0.4) is 0 Å². The quantitative estimate of drug-likeness (QED) is 0.238. The first-order valence-electron chi connectivity index (χ1n) is 11.7. The molecule has 1 aromatic heterocycles. The fourth-order valence-corrected chi connectivity index (χ4v) is 4.90. The molecule has 0 fully saturated rings. The number of fused-ring (bicyclic) bond motifs is 2. The standard InChI is InChI=1S/C31H25N3O/c1-20-14-16-21(17-15-20)19-34-28-13-7-4-10-24(28)30(31(34)35)29(23-9-3-5-11-25(23)32)27-18-22-8-2-6-12-26(22)33-27/h2-18,33H,19,32H2,1H3. The van der Waals surface area contributed by atoms with Crippen molar-refractivity contribution in [2.75, 3.05) is 10.6 Å². The number of aromatic amines is 1. The minimum absolute atomic E-state index is 0.0244. The Morgan fingerprint density at radius 2 is 1.57 bits per heavy atom. The van der Waals surface area contributed by atoms with Gasteiger partial charge >= 0.3 is 0 Å². The van der Waals surface area contributed by atoms with Gasteiger partial charge in [-0.15, -0.1) is 0 Å².